The monoisotopic (exact) mass is 263 g/mol. The normalized spacial score (nSPS) is 13.7. The Balaban J connectivity index is 2.26. The van der Waals surface area contributed by atoms with Gasteiger partial charge in [-0.25, -0.2) is 4.79 Å². The van der Waals surface area contributed by atoms with Crippen LogP contribution in [0.5, 0.6) is 0 Å². The fourth-order valence-corrected chi connectivity index (χ4v) is 2.23. The zero-order chi connectivity index (χ0) is 13.8. The van der Waals surface area contributed by atoms with Crippen molar-refractivity contribution in [2.75, 3.05) is 20.2 Å². The maximum atomic E-state index is 11.9. The molecule has 19 heavy (non-hydrogen) atoms. The van der Waals surface area contributed by atoms with Crippen LogP contribution in [-0.4, -0.2) is 42.1 Å². The molecule has 0 spiro atoms. The molecule has 1 aliphatic heterocycles. The average Bonchev–Trinajstić information content (AvgIpc) is 2.45. The highest BCUT2D eigenvalue weighted by Gasteiger charge is 2.24. The van der Waals surface area contributed by atoms with Crippen molar-refractivity contribution >= 4 is 12.0 Å². The summed E-state index contributed by atoms with van der Waals surface area (Å²) in [6.07, 6.45) is 3.57. The third-order valence-corrected chi connectivity index (χ3v) is 3.15. The summed E-state index contributed by atoms with van der Waals surface area (Å²) >= 11 is 0. The van der Waals surface area contributed by atoms with Crippen LogP contribution in [0.3, 0.4) is 0 Å². The number of hydrogen-bond donors (Lipinski definition) is 1. The molecule has 0 saturated heterocycles. The molecule has 0 bridgehead atoms. The molecule has 6 heteroatoms. The van der Waals surface area contributed by atoms with Crippen molar-refractivity contribution in [3.05, 3.63) is 29.1 Å². The molecular weight excluding hydrogens is 246 g/mol. The van der Waals surface area contributed by atoms with Gasteiger partial charge in [0.2, 0.25) is 0 Å². The lowest BCUT2D eigenvalue weighted by Gasteiger charge is -2.28. The first-order valence-corrected chi connectivity index (χ1v) is 6.24. The first-order chi connectivity index (χ1) is 9.17. The molecule has 2 rings (SSSR count). The Kier molecular flexibility index (Phi) is 3.99. The van der Waals surface area contributed by atoms with Gasteiger partial charge in [0.1, 0.15) is 0 Å². The minimum Gasteiger partial charge on any atom is -0.453 e. The maximum absolute atomic E-state index is 11.9. The number of fused-ring (bicyclic) bond motifs is 1. The molecule has 1 aromatic heterocycles. The van der Waals surface area contributed by atoms with E-state index in [1.165, 1.54) is 7.11 Å². The van der Waals surface area contributed by atoms with Crippen LogP contribution in [-0.2, 0) is 17.7 Å². The van der Waals surface area contributed by atoms with E-state index in [9.17, 15) is 9.59 Å². The molecule has 0 aromatic carbocycles. The van der Waals surface area contributed by atoms with Crippen LogP contribution in [0.15, 0.2) is 12.4 Å². The molecule has 0 saturated carbocycles. The maximum Gasteiger partial charge on any atom is 0.409 e. The van der Waals surface area contributed by atoms with E-state index in [-0.39, 0.29) is 12.0 Å². The quantitative estimate of drug-likeness (QED) is 0.862. The lowest BCUT2D eigenvalue weighted by atomic mass is 9.97. The molecule has 1 aliphatic rings. The van der Waals surface area contributed by atoms with Crippen molar-refractivity contribution in [2.45, 2.75) is 19.9 Å². The smallest absolute Gasteiger partial charge is 0.409 e. The molecule has 0 aliphatic carbocycles. The zero-order valence-corrected chi connectivity index (χ0v) is 11.1. The number of pyridine rings is 1. The van der Waals surface area contributed by atoms with E-state index in [1.807, 2.05) is 6.92 Å². The number of hydrogen-bond acceptors (Lipinski definition) is 4. The summed E-state index contributed by atoms with van der Waals surface area (Å²) in [5, 5.41) is 2.77. The van der Waals surface area contributed by atoms with Gasteiger partial charge < -0.3 is 15.0 Å². The molecule has 0 atom stereocenters. The molecule has 0 radical (unpaired) electrons. The van der Waals surface area contributed by atoms with E-state index >= 15 is 0 Å². The molecule has 0 unspecified atom stereocenters. The van der Waals surface area contributed by atoms with Gasteiger partial charge in [-0.1, -0.05) is 0 Å². The Hall–Kier alpha value is -2.11. The summed E-state index contributed by atoms with van der Waals surface area (Å²) < 4.78 is 4.71. The number of rotatable bonds is 2. The highest BCUT2D eigenvalue weighted by atomic mass is 16.5. The van der Waals surface area contributed by atoms with E-state index in [0.717, 1.165) is 11.1 Å². The van der Waals surface area contributed by atoms with Gasteiger partial charge >= 0.3 is 6.09 Å². The minimum atomic E-state index is -0.353. The Morgan fingerprint density at radius 1 is 1.47 bits per heavy atom. The lowest BCUT2D eigenvalue weighted by Crippen LogP contribution is -2.37. The van der Waals surface area contributed by atoms with Gasteiger partial charge in [-0.2, -0.15) is 0 Å². The molecule has 2 heterocycles. The number of carbonyl (C=O) groups excluding carboxylic acids is 2. The summed E-state index contributed by atoms with van der Waals surface area (Å²) in [6.45, 7) is 3.44. The van der Waals surface area contributed by atoms with Crippen LogP contribution in [0.2, 0.25) is 0 Å². The summed E-state index contributed by atoms with van der Waals surface area (Å²) in [4.78, 5) is 29.1. The van der Waals surface area contributed by atoms with E-state index < -0.39 is 0 Å². The van der Waals surface area contributed by atoms with Crippen LogP contribution >= 0.6 is 0 Å². The molecule has 1 aromatic rings. The fraction of sp³-hybridized carbons (Fsp3) is 0.462. The molecule has 102 valence electrons. The zero-order valence-electron chi connectivity index (χ0n) is 11.1. The number of ether oxygens (including phenoxy) is 1. The summed E-state index contributed by atoms with van der Waals surface area (Å²) in [5.41, 5.74) is 2.48. The van der Waals surface area contributed by atoms with Crippen molar-refractivity contribution in [1.82, 2.24) is 15.2 Å². The van der Waals surface area contributed by atoms with Crippen LogP contribution in [0.25, 0.3) is 0 Å². The summed E-state index contributed by atoms with van der Waals surface area (Å²) in [7, 11) is 1.36. The van der Waals surface area contributed by atoms with Crippen LogP contribution < -0.4 is 5.32 Å². The SMILES string of the molecule is CCNC(=O)c1cncc2c1CCN(C(=O)OC)C2. The van der Waals surface area contributed by atoms with Crippen molar-refractivity contribution in [3.63, 3.8) is 0 Å². The van der Waals surface area contributed by atoms with E-state index in [4.69, 9.17) is 4.74 Å². The molecule has 2 amide bonds. The van der Waals surface area contributed by atoms with Crippen LogP contribution in [0.4, 0.5) is 4.79 Å². The number of methoxy groups -OCH3 is 1. The Morgan fingerprint density at radius 2 is 2.26 bits per heavy atom. The van der Waals surface area contributed by atoms with Gasteiger partial charge in [0.15, 0.2) is 0 Å². The first-order valence-electron chi connectivity index (χ1n) is 6.24. The van der Waals surface area contributed by atoms with E-state index in [0.29, 0.717) is 31.6 Å². The van der Waals surface area contributed by atoms with Crippen LogP contribution in [0, 0.1) is 0 Å². The molecular formula is C13H17N3O3. The predicted octanol–water partition coefficient (Wildman–Crippen LogP) is 0.956. The predicted molar refractivity (Wildman–Crippen MR) is 68.8 cm³/mol. The summed E-state index contributed by atoms with van der Waals surface area (Å²) in [6, 6.07) is 0. The number of amides is 2. The van der Waals surface area contributed by atoms with Crippen molar-refractivity contribution in [2.24, 2.45) is 0 Å². The van der Waals surface area contributed by atoms with Gasteiger partial charge in [-0.3, -0.25) is 9.78 Å². The van der Waals surface area contributed by atoms with Crippen LogP contribution in [0.1, 0.15) is 28.4 Å². The third kappa shape index (κ3) is 2.67. The van der Waals surface area contributed by atoms with E-state index in [2.05, 4.69) is 10.3 Å². The Labute approximate surface area is 111 Å². The van der Waals surface area contributed by atoms with E-state index in [1.54, 1.807) is 17.3 Å². The Morgan fingerprint density at radius 3 is 2.95 bits per heavy atom. The van der Waals surface area contributed by atoms with Gasteiger partial charge in [0, 0.05) is 25.5 Å². The van der Waals surface area contributed by atoms with Crippen molar-refractivity contribution < 1.29 is 14.3 Å². The van der Waals surface area contributed by atoms with Gasteiger partial charge in [-0.05, 0) is 24.5 Å². The highest BCUT2D eigenvalue weighted by Crippen LogP contribution is 2.21. The molecule has 0 fully saturated rings. The number of nitrogens with one attached hydrogen (secondary N) is 1. The topological polar surface area (TPSA) is 71.5 Å². The van der Waals surface area contributed by atoms with Gasteiger partial charge in [0.25, 0.3) is 5.91 Å². The largest absolute Gasteiger partial charge is 0.453 e. The number of aromatic nitrogens is 1. The second kappa shape index (κ2) is 5.69. The lowest BCUT2D eigenvalue weighted by molar-refractivity contribution is 0.0953. The highest BCUT2D eigenvalue weighted by molar-refractivity contribution is 5.95. The standard InChI is InChI=1S/C13H17N3O3/c1-3-15-12(17)11-7-14-6-9-8-16(13(18)19-2)5-4-10(9)11/h6-7H,3-5,8H2,1-2H3,(H,15,17). The average molecular weight is 263 g/mol. The number of nitrogens with zero attached hydrogens (tertiary/aromatic N) is 2. The van der Waals surface area contributed by atoms with Crippen molar-refractivity contribution in [3.8, 4) is 0 Å². The molecule has 1 N–H and O–H groups in total. The first kappa shape index (κ1) is 13.3. The molecule has 6 nitrogen and oxygen atoms in total. The fourth-order valence-electron chi connectivity index (χ4n) is 2.23. The minimum absolute atomic E-state index is 0.113. The number of carbonyl (C=O) groups is 2. The summed E-state index contributed by atoms with van der Waals surface area (Å²) in [5.74, 6) is -0.113. The van der Waals surface area contributed by atoms with Crippen molar-refractivity contribution in [1.29, 1.82) is 0 Å². The second-order valence-corrected chi connectivity index (χ2v) is 4.33. The Bertz CT molecular complexity index is 502. The van der Waals surface area contributed by atoms with Gasteiger partial charge in [0.05, 0.1) is 19.2 Å². The van der Waals surface area contributed by atoms with Gasteiger partial charge in [-0.15, -0.1) is 0 Å². The second-order valence-electron chi connectivity index (χ2n) is 4.33. The third-order valence-electron chi connectivity index (χ3n) is 3.15.